The Morgan fingerprint density at radius 2 is 1.84 bits per heavy atom. The van der Waals surface area contributed by atoms with Gasteiger partial charge in [0.25, 0.3) is 0 Å². The van der Waals surface area contributed by atoms with Crippen molar-refractivity contribution < 1.29 is 0 Å². The molecule has 3 rings (SSSR count). The van der Waals surface area contributed by atoms with Crippen molar-refractivity contribution in [3.8, 4) is 0 Å². The number of allylic oxidation sites excluding steroid dienone is 3. The summed E-state index contributed by atoms with van der Waals surface area (Å²) in [6.45, 7) is 13.2. The van der Waals surface area contributed by atoms with E-state index in [2.05, 4.69) is 134 Å². The highest BCUT2D eigenvalue weighted by atomic mass is 15.2. The zero-order valence-electron chi connectivity index (χ0n) is 24.4. The van der Waals surface area contributed by atoms with Crippen molar-refractivity contribution in [1.29, 1.82) is 0 Å². The first-order valence-electron chi connectivity index (χ1n) is 13.7. The highest BCUT2D eigenvalue weighted by Crippen LogP contribution is 2.34. The summed E-state index contributed by atoms with van der Waals surface area (Å²) in [5.41, 5.74) is 9.39. The summed E-state index contributed by atoms with van der Waals surface area (Å²) in [6, 6.07) is 13.0. The van der Waals surface area contributed by atoms with E-state index in [4.69, 9.17) is 0 Å². The lowest BCUT2D eigenvalue weighted by molar-refractivity contribution is 0.416. The third-order valence-electron chi connectivity index (χ3n) is 6.87. The molecule has 0 saturated heterocycles. The largest absolute Gasteiger partial charge is 0.372 e. The molecule has 3 aromatic rings. The van der Waals surface area contributed by atoms with Crippen LogP contribution in [0.1, 0.15) is 44.7 Å². The van der Waals surface area contributed by atoms with Gasteiger partial charge in [0, 0.05) is 67.4 Å². The number of aliphatic imine (C=N–C) groups is 1. The van der Waals surface area contributed by atoms with Gasteiger partial charge in [-0.25, -0.2) is 0 Å². The number of likely N-dealkylation sites (N-methyl/N-ethyl adjacent to an activating group) is 2. The molecule has 204 valence electrons. The van der Waals surface area contributed by atoms with E-state index in [1.54, 1.807) is 0 Å². The molecule has 2 aromatic carbocycles. The van der Waals surface area contributed by atoms with Crippen LogP contribution >= 0.6 is 0 Å². The number of aryl methyl sites for hydroxylation is 2. The number of anilines is 3. The number of aromatic nitrogens is 1. The van der Waals surface area contributed by atoms with Crippen LogP contribution in [-0.4, -0.2) is 56.6 Å². The van der Waals surface area contributed by atoms with Crippen molar-refractivity contribution in [1.82, 2.24) is 9.47 Å². The number of nitrogens with zero attached hydrogens (tertiary/aromatic N) is 4. The minimum atomic E-state index is 0.511. The number of rotatable bonds is 14. The van der Waals surface area contributed by atoms with Crippen LogP contribution < -0.4 is 15.5 Å². The fourth-order valence-corrected chi connectivity index (χ4v) is 4.62. The second-order valence-corrected chi connectivity index (χ2v) is 10.3. The molecule has 2 N–H and O–H groups in total. The van der Waals surface area contributed by atoms with Gasteiger partial charge in [-0.05, 0) is 69.3 Å². The molecule has 0 aliphatic heterocycles. The summed E-state index contributed by atoms with van der Waals surface area (Å²) in [7, 11) is 8.47. The van der Waals surface area contributed by atoms with Gasteiger partial charge in [0.1, 0.15) is 6.67 Å². The molecule has 0 atom stereocenters. The molecule has 1 aromatic heterocycles. The quantitative estimate of drug-likeness (QED) is 0.227. The summed E-state index contributed by atoms with van der Waals surface area (Å²) in [6.07, 6.45) is 9.14. The SMILES string of the molecule is C=C(CCC)Nc1cc(NCN=C/C=C(\C)c2cn(C)c3ccccc23)c(CC)cc1N(C)CCN(C)C. The molecule has 0 spiro atoms. The lowest BCUT2D eigenvalue weighted by Crippen LogP contribution is -2.29. The Labute approximate surface area is 229 Å². The van der Waals surface area contributed by atoms with Crippen LogP contribution in [-0.2, 0) is 13.5 Å². The monoisotopic (exact) mass is 514 g/mol. The number of hydrogen-bond donors (Lipinski definition) is 2. The molecule has 0 radical (unpaired) electrons. The first-order valence-corrected chi connectivity index (χ1v) is 13.7. The van der Waals surface area contributed by atoms with Crippen LogP contribution in [0.25, 0.3) is 16.5 Å². The van der Waals surface area contributed by atoms with Crippen molar-refractivity contribution in [2.45, 2.75) is 40.0 Å². The summed E-state index contributed by atoms with van der Waals surface area (Å²) in [4.78, 5) is 9.18. The Hall–Kier alpha value is -3.51. The predicted molar refractivity (Wildman–Crippen MR) is 169 cm³/mol. The molecule has 6 heteroatoms. The normalized spacial score (nSPS) is 12.1. The number of benzene rings is 2. The molecule has 0 aliphatic rings. The standard InChI is InChI=1S/C32H46N6/c1-9-13-25(4)35-30-21-29(26(10-2)20-32(30)37(7)19-18-36(5)6)34-23-33-17-16-24(3)28-22-38(8)31-15-12-11-14-27(28)31/h11-12,14-17,20-22,34-35H,4,9-10,13,18-19,23H2,1-3,5-8H3/b24-16+,33-17?. The van der Waals surface area contributed by atoms with Crippen LogP contribution in [0.3, 0.4) is 0 Å². The van der Waals surface area contributed by atoms with E-state index in [0.29, 0.717) is 6.67 Å². The number of nitrogens with one attached hydrogen (secondary N) is 2. The average Bonchev–Trinajstić information content (AvgIpc) is 3.23. The van der Waals surface area contributed by atoms with Gasteiger partial charge in [-0.1, -0.05) is 45.0 Å². The Morgan fingerprint density at radius 1 is 1.08 bits per heavy atom. The second-order valence-electron chi connectivity index (χ2n) is 10.3. The topological polar surface area (TPSA) is 47.8 Å². The van der Waals surface area contributed by atoms with Crippen molar-refractivity contribution in [2.75, 3.05) is 56.4 Å². The maximum absolute atomic E-state index is 4.65. The van der Waals surface area contributed by atoms with Gasteiger partial charge in [0.05, 0.1) is 11.4 Å². The van der Waals surface area contributed by atoms with Crippen molar-refractivity contribution >= 4 is 39.8 Å². The Kier molecular flexibility index (Phi) is 10.6. The van der Waals surface area contributed by atoms with E-state index < -0.39 is 0 Å². The van der Waals surface area contributed by atoms with Crippen LogP contribution in [0.4, 0.5) is 17.1 Å². The van der Waals surface area contributed by atoms with E-state index >= 15 is 0 Å². The minimum absolute atomic E-state index is 0.511. The van der Waals surface area contributed by atoms with Gasteiger partial charge in [-0.3, -0.25) is 4.99 Å². The van der Waals surface area contributed by atoms with E-state index in [-0.39, 0.29) is 0 Å². The third kappa shape index (κ3) is 7.51. The highest BCUT2D eigenvalue weighted by molar-refractivity contribution is 5.96. The maximum atomic E-state index is 4.65. The molecule has 1 heterocycles. The third-order valence-corrected chi connectivity index (χ3v) is 6.87. The Morgan fingerprint density at radius 3 is 2.55 bits per heavy atom. The number of hydrogen-bond acceptors (Lipinski definition) is 5. The number of para-hydroxylation sites is 1. The second kappa shape index (κ2) is 13.9. The van der Waals surface area contributed by atoms with Crippen molar-refractivity contribution in [2.24, 2.45) is 12.0 Å². The van der Waals surface area contributed by atoms with Gasteiger partial charge in [-0.2, -0.15) is 0 Å². The summed E-state index contributed by atoms with van der Waals surface area (Å²) in [5, 5.41) is 8.40. The van der Waals surface area contributed by atoms with Gasteiger partial charge in [0.15, 0.2) is 0 Å². The Balaban J connectivity index is 1.77. The molecule has 0 unspecified atom stereocenters. The first-order chi connectivity index (χ1) is 18.2. The van der Waals surface area contributed by atoms with Crippen LogP contribution in [0, 0.1) is 0 Å². The van der Waals surface area contributed by atoms with Gasteiger partial charge >= 0.3 is 0 Å². The van der Waals surface area contributed by atoms with E-state index in [9.17, 15) is 0 Å². The first kappa shape index (κ1) is 29.1. The molecule has 0 aliphatic carbocycles. The van der Waals surface area contributed by atoms with Crippen LogP contribution in [0.2, 0.25) is 0 Å². The van der Waals surface area contributed by atoms with Crippen LogP contribution in [0.15, 0.2) is 65.9 Å². The summed E-state index contributed by atoms with van der Waals surface area (Å²) in [5.74, 6) is 0. The zero-order chi connectivity index (χ0) is 27.7. The lowest BCUT2D eigenvalue weighted by atomic mass is 10.1. The van der Waals surface area contributed by atoms with E-state index in [0.717, 1.165) is 49.4 Å². The molecule has 0 amide bonds. The minimum Gasteiger partial charge on any atom is -0.372 e. The molecule has 6 nitrogen and oxygen atoms in total. The predicted octanol–water partition coefficient (Wildman–Crippen LogP) is 7.01. The fraction of sp³-hybridized carbons (Fsp3) is 0.406. The highest BCUT2D eigenvalue weighted by Gasteiger charge is 2.14. The van der Waals surface area contributed by atoms with Gasteiger partial charge in [0.2, 0.25) is 0 Å². The number of fused-ring (bicyclic) bond motifs is 1. The van der Waals surface area contributed by atoms with Gasteiger partial charge in [-0.15, -0.1) is 0 Å². The average molecular weight is 515 g/mol. The molecule has 0 fully saturated rings. The summed E-state index contributed by atoms with van der Waals surface area (Å²) < 4.78 is 2.18. The summed E-state index contributed by atoms with van der Waals surface area (Å²) >= 11 is 0. The molecular formula is C32H46N6. The molecular weight excluding hydrogens is 468 g/mol. The van der Waals surface area contributed by atoms with Gasteiger partial charge < -0.3 is 25.0 Å². The van der Waals surface area contributed by atoms with E-state index in [1.807, 2.05) is 6.21 Å². The van der Waals surface area contributed by atoms with Crippen molar-refractivity contribution in [3.05, 3.63) is 72.1 Å². The molecule has 0 bridgehead atoms. The van der Waals surface area contributed by atoms with Crippen molar-refractivity contribution in [3.63, 3.8) is 0 Å². The molecule has 38 heavy (non-hydrogen) atoms. The lowest BCUT2D eigenvalue weighted by Gasteiger charge is -2.27. The molecule has 0 saturated carbocycles. The van der Waals surface area contributed by atoms with Crippen LogP contribution in [0.5, 0.6) is 0 Å². The Bertz CT molecular complexity index is 1280. The van der Waals surface area contributed by atoms with E-state index in [1.165, 1.54) is 33.3 Å². The fourth-order valence-electron chi connectivity index (χ4n) is 4.62. The zero-order valence-corrected chi connectivity index (χ0v) is 24.4. The smallest absolute Gasteiger partial charge is 0.107 e. The maximum Gasteiger partial charge on any atom is 0.107 e.